The fourth-order valence-electron chi connectivity index (χ4n) is 3.60. The smallest absolute Gasteiger partial charge is 0.310 e. The Labute approximate surface area is 160 Å². The van der Waals surface area contributed by atoms with E-state index in [1.807, 2.05) is 13.8 Å². The number of carbonyl (C=O) groups excluding carboxylic acids is 2. The number of rotatable bonds is 7. The van der Waals surface area contributed by atoms with Crippen LogP contribution in [0.4, 0.5) is 11.4 Å². The van der Waals surface area contributed by atoms with Crippen LogP contribution >= 0.6 is 0 Å². The summed E-state index contributed by atoms with van der Waals surface area (Å²) in [6, 6.07) is 6.88. The van der Waals surface area contributed by atoms with E-state index in [2.05, 4.69) is 10.6 Å². The van der Waals surface area contributed by atoms with Gasteiger partial charge in [0.25, 0.3) is 0 Å². The molecule has 0 radical (unpaired) electrons. The van der Waals surface area contributed by atoms with E-state index in [9.17, 15) is 19.5 Å². The maximum Gasteiger partial charge on any atom is 0.310 e. The van der Waals surface area contributed by atoms with E-state index in [4.69, 9.17) is 0 Å². The normalized spacial score (nSPS) is 16.4. The summed E-state index contributed by atoms with van der Waals surface area (Å²) in [6.07, 6.45) is 5.31. The number of carboxylic acid groups (broad SMARTS) is 1. The summed E-state index contributed by atoms with van der Waals surface area (Å²) in [5.41, 5.74) is 0.311. The van der Waals surface area contributed by atoms with Gasteiger partial charge in [0.05, 0.1) is 5.41 Å². The third kappa shape index (κ3) is 6.38. The van der Waals surface area contributed by atoms with E-state index in [-0.39, 0.29) is 24.2 Å². The zero-order chi connectivity index (χ0) is 19.9. The average Bonchev–Trinajstić information content (AvgIpc) is 2.82. The first-order valence-electron chi connectivity index (χ1n) is 9.74. The molecule has 2 rings (SSSR count). The molecule has 0 spiro atoms. The molecular formula is C21H30N2O4. The van der Waals surface area contributed by atoms with Crippen molar-refractivity contribution in [1.29, 1.82) is 0 Å². The van der Waals surface area contributed by atoms with Crippen molar-refractivity contribution in [3.8, 4) is 0 Å². The van der Waals surface area contributed by atoms with Gasteiger partial charge in [0.2, 0.25) is 11.8 Å². The van der Waals surface area contributed by atoms with Crippen LogP contribution in [0, 0.1) is 11.3 Å². The fraction of sp³-hybridized carbons (Fsp3) is 0.571. The van der Waals surface area contributed by atoms with Crippen LogP contribution in [0.15, 0.2) is 24.3 Å². The van der Waals surface area contributed by atoms with Crippen LogP contribution in [0.25, 0.3) is 0 Å². The molecule has 0 aromatic heterocycles. The highest BCUT2D eigenvalue weighted by atomic mass is 16.4. The first-order chi connectivity index (χ1) is 12.8. The summed E-state index contributed by atoms with van der Waals surface area (Å²) in [4.78, 5) is 36.1. The highest BCUT2D eigenvalue weighted by molar-refractivity contribution is 5.95. The van der Waals surface area contributed by atoms with Crippen LogP contribution in [0.2, 0.25) is 0 Å². The summed E-state index contributed by atoms with van der Waals surface area (Å²) >= 11 is 0. The minimum Gasteiger partial charge on any atom is -0.481 e. The topological polar surface area (TPSA) is 95.5 Å². The van der Waals surface area contributed by atoms with E-state index >= 15 is 0 Å². The number of benzene rings is 1. The second-order valence-electron chi connectivity index (χ2n) is 7.95. The molecular weight excluding hydrogens is 344 g/mol. The Morgan fingerprint density at radius 3 is 1.85 bits per heavy atom. The molecule has 1 saturated carbocycles. The highest BCUT2D eigenvalue weighted by Gasteiger charge is 2.40. The molecule has 0 unspecified atom stereocenters. The van der Waals surface area contributed by atoms with Crippen molar-refractivity contribution >= 4 is 29.2 Å². The van der Waals surface area contributed by atoms with Gasteiger partial charge in [-0.25, -0.2) is 0 Å². The lowest BCUT2D eigenvalue weighted by molar-refractivity contribution is -0.152. The molecule has 148 valence electrons. The molecule has 2 amide bonds. The molecule has 1 fully saturated rings. The zero-order valence-electron chi connectivity index (χ0n) is 16.2. The van der Waals surface area contributed by atoms with Crippen molar-refractivity contribution in [2.45, 2.75) is 65.2 Å². The molecule has 1 aliphatic rings. The lowest BCUT2D eigenvalue weighted by atomic mass is 9.77. The molecule has 0 saturated heterocycles. The molecule has 6 nitrogen and oxygen atoms in total. The quantitative estimate of drug-likeness (QED) is 0.615. The fourth-order valence-corrected chi connectivity index (χ4v) is 3.60. The Morgan fingerprint density at radius 2 is 1.41 bits per heavy atom. The lowest BCUT2D eigenvalue weighted by Gasteiger charge is -2.27. The van der Waals surface area contributed by atoms with Gasteiger partial charge in [-0.15, -0.1) is 0 Å². The van der Waals surface area contributed by atoms with Crippen molar-refractivity contribution in [1.82, 2.24) is 0 Å². The van der Waals surface area contributed by atoms with Gasteiger partial charge in [0, 0.05) is 24.2 Å². The number of carboxylic acids is 1. The van der Waals surface area contributed by atoms with Crippen LogP contribution in [-0.4, -0.2) is 22.9 Å². The second kappa shape index (κ2) is 9.53. The summed E-state index contributed by atoms with van der Waals surface area (Å²) < 4.78 is 0. The molecule has 0 atom stereocenters. The third-order valence-corrected chi connectivity index (χ3v) is 5.06. The van der Waals surface area contributed by atoms with Crippen molar-refractivity contribution in [3.63, 3.8) is 0 Å². The first kappa shape index (κ1) is 20.9. The van der Waals surface area contributed by atoms with Gasteiger partial charge in [0.1, 0.15) is 0 Å². The first-order valence-corrected chi connectivity index (χ1v) is 9.74. The number of hydrogen-bond donors (Lipinski definition) is 3. The minimum atomic E-state index is -0.953. The van der Waals surface area contributed by atoms with E-state index in [1.54, 1.807) is 24.3 Å². The van der Waals surface area contributed by atoms with E-state index in [0.29, 0.717) is 30.6 Å². The number of amides is 2. The number of carbonyl (C=O) groups is 3. The molecule has 1 aliphatic carbocycles. The predicted molar refractivity (Wildman–Crippen MR) is 106 cm³/mol. The maximum atomic E-state index is 12.4. The van der Waals surface area contributed by atoms with Gasteiger partial charge in [-0.1, -0.05) is 39.5 Å². The van der Waals surface area contributed by atoms with Gasteiger partial charge in [0.15, 0.2) is 0 Å². The van der Waals surface area contributed by atoms with Gasteiger partial charge in [-0.2, -0.15) is 0 Å². The Hall–Kier alpha value is -2.37. The van der Waals surface area contributed by atoms with E-state index in [0.717, 1.165) is 25.7 Å². The Kier molecular flexibility index (Phi) is 7.39. The van der Waals surface area contributed by atoms with Crippen LogP contribution in [0.1, 0.15) is 65.2 Å². The largest absolute Gasteiger partial charge is 0.481 e. The third-order valence-electron chi connectivity index (χ3n) is 5.06. The highest BCUT2D eigenvalue weighted by Crippen LogP contribution is 2.38. The number of aliphatic carboxylic acids is 1. The minimum absolute atomic E-state index is 0.00475. The van der Waals surface area contributed by atoms with Crippen molar-refractivity contribution in [3.05, 3.63) is 24.3 Å². The van der Waals surface area contributed by atoms with E-state index in [1.165, 1.54) is 0 Å². The lowest BCUT2D eigenvalue weighted by Crippen LogP contribution is -2.35. The van der Waals surface area contributed by atoms with Crippen molar-refractivity contribution in [2.24, 2.45) is 11.3 Å². The standard InChI is InChI=1S/C21H30N2O4/c1-15(2)13-18(24)22-16-7-9-17(10-8-16)23-19(25)14-21(20(26)27)11-5-3-4-6-12-21/h7-10,15H,3-6,11-14H2,1-2H3,(H,22,24)(H,23,25)(H,26,27). The van der Waals surface area contributed by atoms with E-state index < -0.39 is 11.4 Å². The molecule has 27 heavy (non-hydrogen) atoms. The number of nitrogens with one attached hydrogen (secondary N) is 2. The molecule has 1 aromatic rings. The van der Waals surface area contributed by atoms with Gasteiger partial charge >= 0.3 is 5.97 Å². The SMILES string of the molecule is CC(C)CC(=O)Nc1ccc(NC(=O)CC2(C(=O)O)CCCCCC2)cc1. The number of hydrogen-bond acceptors (Lipinski definition) is 3. The maximum absolute atomic E-state index is 12.4. The van der Waals surface area contributed by atoms with Crippen LogP contribution in [0.3, 0.4) is 0 Å². The number of anilines is 2. The van der Waals surface area contributed by atoms with Gasteiger partial charge in [-0.05, 0) is 43.0 Å². The Morgan fingerprint density at radius 1 is 0.926 bits per heavy atom. The van der Waals surface area contributed by atoms with Crippen molar-refractivity contribution < 1.29 is 19.5 Å². The Balaban J connectivity index is 1.94. The summed E-state index contributed by atoms with van der Waals surface area (Å²) in [6.45, 7) is 3.97. The molecule has 0 aliphatic heterocycles. The Bertz CT molecular complexity index is 659. The van der Waals surface area contributed by atoms with Crippen LogP contribution in [0.5, 0.6) is 0 Å². The monoisotopic (exact) mass is 374 g/mol. The molecule has 1 aromatic carbocycles. The summed E-state index contributed by atoms with van der Waals surface area (Å²) in [7, 11) is 0. The van der Waals surface area contributed by atoms with Gasteiger partial charge in [-0.3, -0.25) is 14.4 Å². The van der Waals surface area contributed by atoms with Crippen LogP contribution < -0.4 is 10.6 Å². The average molecular weight is 374 g/mol. The second-order valence-corrected chi connectivity index (χ2v) is 7.95. The summed E-state index contributed by atoms with van der Waals surface area (Å²) in [5, 5.41) is 15.3. The molecule has 0 heterocycles. The van der Waals surface area contributed by atoms with Crippen LogP contribution in [-0.2, 0) is 14.4 Å². The molecule has 6 heteroatoms. The van der Waals surface area contributed by atoms with Gasteiger partial charge < -0.3 is 15.7 Å². The molecule has 3 N–H and O–H groups in total. The summed E-state index contributed by atoms with van der Waals surface area (Å²) in [5.74, 6) is -0.911. The molecule has 0 bridgehead atoms. The zero-order valence-corrected chi connectivity index (χ0v) is 16.2. The predicted octanol–water partition coefficient (Wildman–Crippen LogP) is 4.43. The van der Waals surface area contributed by atoms with Crippen molar-refractivity contribution in [2.75, 3.05) is 10.6 Å².